The van der Waals surface area contributed by atoms with Crippen molar-refractivity contribution in [1.82, 2.24) is 4.90 Å². The van der Waals surface area contributed by atoms with Crippen LogP contribution in [0, 0.1) is 0 Å². The topological polar surface area (TPSA) is 49.8 Å². The highest BCUT2D eigenvalue weighted by molar-refractivity contribution is 9.10. The van der Waals surface area contributed by atoms with E-state index >= 15 is 0 Å². The summed E-state index contributed by atoms with van der Waals surface area (Å²) < 4.78 is 6.44. The number of aliphatic hydroxyl groups excluding tert-OH is 1. The molecule has 1 aromatic carbocycles. The number of nitrogens with zero attached hydrogens (tertiary/aromatic N) is 1. The average molecular weight is 328 g/mol. The van der Waals surface area contributed by atoms with Crippen molar-refractivity contribution in [3.8, 4) is 0 Å². The van der Waals surface area contributed by atoms with Crippen LogP contribution in [0.2, 0.25) is 0 Å². The fourth-order valence-electron chi connectivity index (χ4n) is 2.15. The van der Waals surface area contributed by atoms with Crippen LogP contribution in [-0.2, 0) is 16.0 Å². The fourth-order valence-corrected chi connectivity index (χ4v) is 2.42. The highest BCUT2D eigenvalue weighted by atomic mass is 79.9. The summed E-state index contributed by atoms with van der Waals surface area (Å²) in [5, 5.41) is 9.13. The molecule has 2 rings (SSSR count). The third kappa shape index (κ3) is 3.78. The second kappa shape index (κ2) is 6.50. The summed E-state index contributed by atoms with van der Waals surface area (Å²) in [5.41, 5.74) is 0.993. The predicted octanol–water partition coefficient (Wildman–Crippen LogP) is 1.60. The Kier molecular flexibility index (Phi) is 4.96. The quantitative estimate of drug-likeness (QED) is 0.917. The molecule has 0 aromatic heterocycles. The van der Waals surface area contributed by atoms with Crippen molar-refractivity contribution in [2.24, 2.45) is 0 Å². The molecule has 1 fully saturated rings. The number of hydrogen-bond acceptors (Lipinski definition) is 3. The zero-order chi connectivity index (χ0) is 13.8. The van der Waals surface area contributed by atoms with E-state index in [0.717, 1.165) is 10.0 Å². The van der Waals surface area contributed by atoms with Crippen LogP contribution in [0.25, 0.3) is 0 Å². The third-order valence-electron chi connectivity index (χ3n) is 3.30. The van der Waals surface area contributed by atoms with Gasteiger partial charge in [0.05, 0.1) is 31.8 Å². The van der Waals surface area contributed by atoms with Crippen molar-refractivity contribution in [1.29, 1.82) is 0 Å². The van der Waals surface area contributed by atoms with Crippen molar-refractivity contribution in [2.45, 2.75) is 25.5 Å². The highest BCUT2D eigenvalue weighted by Crippen LogP contribution is 2.15. The van der Waals surface area contributed by atoms with E-state index in [4.69, 9.17) is 9.84 Å². The van der Waals surface area contributed by atoms with Crippen LogP contribution >= 0.6 is 15.9 Å². The minimum absolute atomic E-state index is 0.0468. The summed E-state index contributed by atoms with van der Waals surface area (Å²) in [6.07, 6.45) is 0.125. The fraction of sp³-hybridized carbons (Fsp3) is 0.500. The van der Waals surface area contributed by atoms with Gasteiger partial charge < -0.3 is 14.7 Å². The van der Waals surface area contributed by atoms with E-state index in [-0.39, 0.29) is 24.7 Å². The lowest BCUT2D eigenvalue weighted by atomic mass is 10.1. The Morgan fingerprint density at radius 3 is 2.79 bits per heavy atom. The van der Waals surface area contributed by atoms with Crippen molar-refractivity contribution >= 4 is 21.8 Å². The summed E-state index contributed by atoms with van der Waals surface area (Å²) in [6, 6.07) is 7.81. The Morgan fingerprint density at radius 2 is 2.16 bits per heavy atom. The Bertz CT molecular complexity index is 435. The molecule has 19 heavy (non-hydrogen) atoms. The first-order valence-corrected chi connectivity index (χ1v) is 7.16. The SMILES string of the molecule is CC1COC(CO)CN1C(=O)Cc1ccc(Br)cc1. The van der Waals surface area contributed by atoms with E-state index in [9.17, 15) is 4.79 Å². The molecule has 0 bridgehead atoms. The molecule has 0 radical (unpaired) electrons. The zero-order valence-corrected chi connectivity index (χ0v) is 12.5. The van der Waals surface area contributed by atoms with Crippen molar-refractivity contribution in [2.75, 3.05) is 19.8 Å². The van der Waals surface area contributed by atoms with E-state index in [0.29, 0.717) is 19.6 Å². The first kappa shape index (κ1) is 14.5. The van der Waals surface area contributed by atoms with E-state index in [1.807, 2.05) is 31.2 Å². The molecule has 1 N–H and O–H groups in total. The summed E-state index contributed by atoms with van der Waals surface area (Å²) in [5.74, 6) is 0.0802. The van der Waals surface area contributed by atoms with Gasteiger partial charge in [-0.15, -0.1) is 0 Å². The molecule has 0 saturated carbocycles. The molecule has 1 amide bonds. The number of rotatable bonds is 3. The van der Waals surface area contributed by atoms with Crippen molar-refractivity contribution in [3.63, 3.8) is 0 Å². The molecule has 1 aromatic rings. The number of carbonyl (C=O) groups is 1. The maximum absolute atomic E-state index is 12.3. The van der Waals surface area contributed by atoms with Crippen LogP contribution in [0.4, 0.5) is 0 Å². The summed E-state index contributed by atoms with van der Waals surface area (Å²) >= 11 is 3.38. The molecule has 104 valence electrons. The molecular weight excluding hydrogens is 310 g/mol. The van der Waals surface area contributed by atoms with Crippen LogP contribution in [0.5, 0.6) is 0 Å². The number of halogens is 1. The zero-order valence-electron chi connectivity index (χ0n) is 10.9. The number of amides is 1. The van der Waals surface area contributed by atoms with Gasteiger partial charge >= 0.3 is 0 Å². The summed E-state index contributed by atoms with van der Waals surface area (Å²) in [4.78, 5) is 14.1. The lowest BCUT2D eigenvalue weighted by molar-refractivity contribution is -0.145. The van der Waals surface area contributed by atoms with E-state index in [1.165, 1.54) is 0 Å². The number of aliphatic hydroxyl groups is 1. The smallest absolute Gasteiger partial charge is 0.227 e. The Labute approximate surface area is 121 Å². The van der Waals surface area contributed by atoms with Gasteiger partial charge in [0.2, 0.25) is 5.91 Å². The Morgan fingerprint density at radius 1 is 1.47 bits per heavy atom. The molecule has 1 aliphatic rings. The first-order chi connectivity index (χ1) is 9.10. The van der Waals surface area contributed by atoms with Gasteiger partial charge in [-0.2, -0.15) is 0 Å². The van der Waals surface area contributed by atoms with Gasteiger partial charge in [0.15, 0.2) is 0 Å². The van der Waals surface area contributed by atoms with Gasteiger partial charge in [-0.05, 0) is 24.6 Å². The number of morpholine rings is 1. The predicted molar refractivity (Wildman–Crippen MR) is 75.8 cm³/mol. The molecule has 1 saturated heterocycles. The second-order valence-electron chi connectivity index (χ2n) is 4.84. The third-order valence-corrected chi connectivity index (χ3v) is 3.83. The normalized spacial score (nSPS) is 23.4. The molecule has 1 heterocycles. The van der Waals surface area contributed by atoms with Crippen molar-refractivity contribution < 1.29 is 14.6 Å². The Hall–Kier alpha value is -0.910. The standard InChI is InChI=1S/C14H18BrNO3/c1-10-9-19-13(8-17)7-16(10)14(18)6-11-2-4-12(15)5-3-11/h2-5,10,13,17H,6-9H2,1H3. The lowest BCUT2D eigenvalue weighted by Crippen LogP contribution is -2.52. The van der Waals surface area contributed by atoms with Crippen LogP contribution in [0.1, 0.15) is 12.5 Å². The van der Waals surface area contributed by atoms with Gasteiger partial charge in [-0.25, -0.2) is 0 Å². The number of ether oxygens (including phenoxy) is 1. The Balaban J connectivity index is 2.00. The summed E-state index contributed by atoms with van der Waals surface area (Å²) in [7, 11) is 0. The molecular formula is C14H18BrNO3. The van der Waals surface area contributed by atoms with Gasteiger partial charge in [0.25, 0.3) is 0 Å². The maximum Gasteiger partial charge on any atom is 0.227 e. The van der Waals surface area contributed by atoms with Gasteiger partial charge in [0, 0.05) is 11.0 Å². The molecule has 2 unspecified atom stereocenters. The number of hydrogen-bond donors (Lipinski definition) is 1. The van der Waals surface area contributed by atoms with Crippen LogP contribution in [0.15, 0.2) is 28.7 Å². The molecule has 5 heteroatoms. The highest BCUT2D eigenvalue weighted by Gasteiger charge is 2.28. The number of benzene rings is 1. The van der Waals surface area contributed by atoms with Crippen LogP contribution in [-0.4, -0.2) is 47.8 Å². The molecule has 1 aliphatic heterocycles. The van der Waals surface area contributed by atoms with Crippen LogP contribution < -0.4 is 0 Å². The number of carbonyl (C=O) groups excluding carboxylic acids is 1. The first-order valence-electron chi connectivity index (χ1n) is 6.36. The second-order valence-corrected chi connectivity index (χ2v) is 5.75. The van der Waals surface area contributed by atoms with Gasteiger partial charge in [0.1, 0.15) is 0 Å². The van der Waals surface area contributed by atoms with Crippen molar-refractivity contribution in [3.05, 3.63) is 34.3 Å². The molecule has 0 spiro atoms. The van der Waals surface area contributed by atoms with Gasteiger partial charge in [-0.1, -0.05) is 28.1 Å². The van der Waals surface area contributed by atoms with E-state index in [1.54, 1.807) is 4.90 Å². The van der Waals surface area contributed by atoms with E-state index < -0.39 is 0 Å². The largest absolute Gasteiger partial charge is 0.394 e. The average Bonchev–Trinajstić information content (AvgIpc) is 2.42. The van der Waals surface area contributed by atoms with Gasteiger partial charge in [-0.3, -0.25) is 4.79 Å². The molecule has 4 nitrogen and oxygen atoms in total. The van der Waals surface area contributed by atoms with Crippen LogP contribution in [0.3, 0.4) is 0 Å². The minimum Gasteiger partial charge on any atom is -0.394 e. The van der Waals surface area contributed by atoms with E-state index in [2.05, 4.69) is 15.9 Å². The monoisotopic (exact) mass is 327 g/mol. The minimum atomic E-state index is -0.259. The maximum atomic E-state index is 12.3. The lowest BCUT2D eigenvalue weighted by Gasteiger charge is -2.37. The molecule has 0 aliphatic carbocycles. The molecule has 2 atom stereocenters. The summed E-state index contributed by atoms with van der Waals surface area (Å²) in [6.45, 7) is 2.87.